The molecule has 0 bridgehead atoms. The highest BCUT2D eigenvalue weighted by Gasteiger charge is 2.51. The Morgan fingerprint density at radius 3 is 2.62 bits per heavy atom. The van der Waals surface area contributed by atoms with Gasteiger partial charge in [0.2, 0.25) is 0 Å². The van der Waals surface area contributed by atoms with Crippen molar-refractivity contribution in [3.05, 3.63) is 64.3 Å². The number of carbonyl (C=O) groups is 3. The number of rotatable bonds is 6. The molecule has 2 N–H and O–H groups in total. The van der Waals surface area contributed by atoms with E-state index in [0.717, 1.165) is 12.8 Å². The van der Waals surface area contributed by atoms with Crippen molar-refractivity contribution in [2.75, 3.05) is 5.32 Å². The Labute approximate surface area is 194 Å². The van der Waals surface area contributed by atoms with E-state index in [1.54, 1.807) is 24.5 Å². The molecule has 0 atom stereocenters. The minimum Gasteiger partial charge on any atom is -0.341 e. The van der Waals surface area contributed by atoms with Gasteiger partial charge in [-0.1, -0.05) is 5.16 Å². The number of ketones is 1. The van der Waals surface area contributed by atoms with E-state index >= 15 is 0 Å². The van der Waals surface area contributed by atoms with Gasteiger partial charge < -0.3 is 19.7 Å². The lowest BCUT2D eigenvalue weighted by atomic mass is 10.1. The monoisotopic (exact) mass is 465 g/mol. The van der Waals surface area contributed by atoms with Gasteiger partial charge in [0.15, 0.2) is 5.82 Å². The predicted molar refractivity (Wildman–Crippen MR) is 119 cm³/mol. The topological polar surface area (TPSA) is 119 Å². The molecule has 1 aliphatic carbocycles. The Kier molecular flexibility index (Phi) is 5.30. The third-order valence-corrected chi connectivity index (χ3v) is 6.39. The van der Waals surface area contributed by atoms with Crippen LogP contribution < -0.4 is 10.6 Å². The highest BCUT2D eigenvalue weighted by molar-refractivity contribution is 6.42. The third kappa shape index (κ3) is 3.89. The second-order valence-electron chi connectivity index (χ2n) is 8.93. The van der Waals surface area contributed by atoms with Gasteiger partial charge in [0.05, 0.1) is 11.3 Å². The number of carbonyl (C=O) groups excluding carboxylic acids is 3. The number of anilines is 1. The quantitative estimate of drug-likeness (QED) is 0.426. The summed E-state index contributed by atoms with van der Waals surface area (Å²) < 4.78 is 20.5. The number of nitrogens with zero attached hydrogens (tertiary/aromatic N) is 3. The molecule has 5 rings (SSSR count). The number of nitrogens with one attached hydrogen (secondary N) is 2. The lowest BCUT2D eigenvalue weighted by Crippen LogP contribution is -2.40. The van der Waals surface area contributed by atoms with Crippen molar-refractivity contribution in [2.45, 2.75) is 58.0 Å². The van der Waals surface area contributed by atoms with Gasteiger partial charge in [-0.3, -0.25) is 14.4 Å². The molecule has 1 fully saturated rings. The van der Waals surface area contributed by atoms with Crippen molar-refractivity contribution in [3.8, 4) is 0 Å². The molecule has 2 aromatic heterocycles. The van der Waals surface area contributed by atoms with Crippen molar-refractivity contribution in [1.82, 2.24) is 20.0 Å². The van der Waals surface area contributed by atoms with E-state index in [2.05, 4.69) is 20.8 Å². The van der Waals surface area contributed by atoms with Crippen LogP contribution in [-0.2, 0) is 23.3 Å². The van der Waals surface area contributed by atoms with Crippen LogP contribution in [0.2, 0.25) is 0 Å². The van der Waals surface area contributed by atoms with E-state index < -0.39 is 23.1 Å². The van der Waals surface area contributed by atoms with Crippen LogP contribution >= 0.6 is 0 Å². The fourth-order valence-corrected chi connectivity index (χ4v) is 4.38. The zero-order valence-electron chi connectivity index (χ0n) is 18.9. The second kappa shape index (κ2) is 8.19. The molecule has 9 nitrogen and oxygen atoms in total. The van der Waals surface area contributed by atoms with Gasteiger partial charge >= 0.3 is 0 Å². The van der Waals surface area contributed by atoms with Gasteiger partial charge in [0.1, 0.15) is 11.4 Å². The molecule has 3 aromatic rings. The van der Waals surface area contributed by atoms with Gasteiger partial charge in [0, 0.05) is 17.9 Å². The fraction of sp³-hybridized carbons (Fsp3) is 0.375. The zero-order valence-corrected chi connectivity index (χ0v) is 18.9. The van der Waals surface area contributed by atoms with Crippen LogP contribution in [0.5, 0.6) is 0 Å². The Hall–Kier alpha value is -3.82. The molecule has 10 heteroatoms. The number of fused-ring (bicyclic) bond motifs is 1. The largest absolute Gasteiger partial charge is 0.341 e. The third-order valence-electron chi connectivity index (χ3n) is 6.39. The van der Waals surface area contributed by atoms with Crippen LogP contribution in [0.1, 0.15) is 69.5 Å². The maximum Gasteiger partial charge on any atom is 0.294 e. The number of aromatic nitrogens is 3. The zero-order chi connectivity index (χ0) is 24.0. The van der Waals surface area contributed by atoms with Crippen molar-refractivity contribution in [1.29, 1.82) is 0 Å². The first-order valence-corrected chi connectivity index (χ1v) is 11.2. The molecule has 3 heterocycles. The molecular formula is C24H24FN5O4. The van der Waals surface area contributed by atoms with Gasteiger partial charge in [-0.25, -0.2) is 4.39 Å². The van der Waals surface area contributed by atoms with Crippen LogP contribution in [0, 0.1) is 19.7 Å². The summed E-state index contributed by atoms with van der Waals surface area (Å²) in [7, 11) is 0. The standard InChI is InChI=1S/C24H24FN5O4/c1-13-11-15(6-7-17(13)25)27-21(32)16-12-19(30-10-4-3-5-18(16)30)20(31)22(33)28-24(8-9-24)23-26-14(2)29-34-23/h6-7,11-12H,3-5,8-10H2,1-2H3,(H,27,32)(H,28,33). The predicted octanol–water partition coefficient (Wildman–Crippen LogP) is 3.20. The van der Waals surface area contributed by atoms with Gasteiger partial charge in [0.25, 0.3) is 23.5 Å². The van der Waals surface area contributed by atoms with Crippen LogP contribution in [0.25, 0.3) is 0 Å². The molecule has 1 aromatic carbocycles. The first-order valence-electron chi connectivity index (χ1n) is 11.2. The first-order chi connectivity index (χ1) is 16.3. The fourth-order valence-electron chi connectivity index (χ4n) is 4.38. The smallest absolute Gasteiger partial charge is 0.294 e. The summed E-state index contributed by atoms with van der Waals surface area (Å²) in [5, 5.41) is 9.30. The van der Waals surface area contributed by atoms with Crippen LogP contribution in [-0.4, -0.2) is 32.3 Å². The number of amides is 2. The van der Waals surface area contributed by atoms with E-state index in [9.17, 15) is 18.8 Å². The average molecular weight is 465 g/mol. The number of halogens is 1. The van der Waals surface area contributed by atoms with E-state index in [4.69, 9.17) is 4.52 Å². The van der Waals surface area contributed by atoms with Gasteiger partial charge in [-0.2, -0.15) is 4.98 Å². The molecule has 0 unspecified atom stereocenters. The van der Waals surface area contributed by atoms with Crippen molar-refractivity contribution < 1.29 is 23.3 Å². The molecule has 1 aliphatic heterocycles. The summed E-state index contributed by atoms with van der Waals surface area (Å²) >= 11 is 0. The SMILES string of the molecule is Cc1noc(C2(NC(=O)C(=O)c3cc(C(=O)Nc4ccc(F)c(C)c4)c4n3CCCC4)CC2)n1. The summed E-state index contributed by atoms with van der Waals surface area (Å²) in [6.45, 7) is 3.84. The Morgan fingerprint density at radius 2 is 1.94 bits per heavy atom. The van der Waals surface area contributed by atoms with Gasteiger partial charge in [-0.05, 0) is 75.8 Å². The summed E-state index contributed by atoms with van der Waals surface area (Å²) in [5.41, 5.74) is 1.28. The van der Waals surface area contributed by atoms with E-state index in [-0.39, 0.29) is 17.4 Å². The molecule has 2 aliphatic rings. The molecule has 1 saturated carbocycles. The molecule has 0 radical (unpaired) electrons. The number of Topliss-reactive ketones (excluding diaryl/α,β-unsaturated/α-hetero) is 1. The van der Waals surface area contributed by atoms with E-state index in [1.807, 2.05) is 0 Å². The molecule has 34 heavy (non-hydrogen) atoms. The lowest BCUT2D eigenvalue weighted by Gasteiger charge is -2.19. The molecule has 176 valence electrons. The maximum atomic E-state index is 13.6. The van der Waals surface area contributed by atoms with Crippen molar-refractivity contribution in [3.63, 3.8) is 0 Å². The number of aryl methyl sites for hydroxylation is 2. The normalized spacial score (nSPS) is 16.0. The maximum absolute atomic E-state index is 13.6. The summed E-state index contributed by atoms with van der Waals surface area (Å²) in [6, 6.07) is 5.79. The second-order valence-corrected chi connectivity index (χ2v) is 8.93. The minimum atomic E-state index is -0.814. The minimum absolute atomic E-state index is 0.171. The van der Waals surface area contributed by atoms with E-state index in [1.165, 1.54) is 18.2 Å². The van der Waals surface area contributed by atoms with E-state index in [0.29, 0.717) is 54.1 Å². The van der Waals surface area contributed by atoms with Gasteiger partial charge in [-0.15, -0.1) is 0 Å². The Balaban J connectivity index is 1.39. The lowest BCUT2D eigenvalue weighted by molar-refractivity contribution is -0.118. The number of benzene rings is 1. The number of hydrogen-bond donors (Lipinski definition) is 2. The molecule has 2 amide bonds. The summed E-state index contributed by atoms with van der Waals surface area (Å²) in [5.74, 6) is -1.52. The summed E-state index contributed by atoms with van der Waals surface area (Å²) in [6.07, 6.45) is 3.53. The Bertz CT molecular complexity index is 1320. The first kappa shape index (κ1) is 22.0. The van der Waals surface area contributed by atoms with Crippen molar-refractivity contribution in [2.24, 2.45) is 0 Å². The highest BCUT2D eigenvalue weighted by atomic mass is 19.1. The average Bonchev–Trinajstić information content (AvgIpc) is 3.28. The highest BCUT2D eigenvalue weighted by Crippen LogP contribution is 2.44. The summed E-state index contributed by atoms with van der Waals surface area (Å²) in [4.78, 5) is 43.3. The van der Waals surface area contributed by atoms with Crippen LogP contribution in [0.3, 0.4) is 0 Å². The van der Waals surface area contributed by atoms with Crippen molar-refractivity contribution >= 4 is 23.3 Å². The van der Waals surface area contributed by atoms with Crippen LogP contribution in [0.4, 0.5) is 10.1 Å². The van der Waals surface area contributed by atoms with Crippen LogP contribution in [0.15, 0.2) is 28.8 Å². The molecule has 0 saturated heterocycles. The molecule has 0 spiro atoms. The number of hydrogen-bond acceptors (Lipinski definition) is 6. The molecular weight excluding hydrogens is 441 g/mol. The Morgan fingerprint density at radius 1 is 1.15 bits per heavy atom.